The van der Waals surface area contributed by atoms with Crippen molar-refractivity contribution in [3.8, 4) is 11.1 Å². The van der Waals surface area contributed by atoms with Gasteiger partial charge in [0.2, 0.25) is 0 Å². The fourth-order valence-corrected chi connectivity index (χ4v) is 1.42. The number of halogens is 1. The fraction of sp³-hybridized carbons (Fsp3) is 0.0833. The molecule has 3 heteroatoms. The first-order valence-electron chi connectivity index (χ1n) is 4.68. The number of pyridine rings is 1. The number of aromatic nitrogens is 1. The van der Waals surface area contributed by atoms with Crippen LogP contribution in [0.5, 0.6) is 0 Å². The predicted molar refractivity (Wildman–Crippen MR) is 59.2 cm³/mol. The van der Waals surface area contributed by atoms with Crippen LogP contribution in [0.4, 0.5) is 10.1 Å². The van der Waals surface area contributed by atoms with E-state index in [0.29, 0.717) is 0 Å². The summed E-state index contributed by atoms with van der Waals surface area (Å²) in [5.41, 5.74) is 2.73. The Balaban J connectivity index is 2.44. The standard InChI is InChI=1S/C12H11FN2/c1-14-12-4-2-3-9(6-12)10-5-11(13)8-15-7-10/h2-8,14H,1H3. The largest absolute Gasteiger partial charge is 0.388 e. The van der Waals surface area contributed by atoms with Gasteiger partial charge in [0, 0.05) is 24.5 Å². The normalized spacial score (nSPS) is 10.0. The van der Waals surface area contributed by atoms with E-state index in [4.69, 9.17) is 0 Å². The van der Waals surface area contributed by atoms with Gasteiger partial charge in [0.25, 0.3) is 0 Å². The summed E-state index contributed by atoms with van der Waals surface area (Å²) in [4.78, 5) is 3.82. The van der Waals surface area contributed by atoms with Gasteiger partial charge in [-0.25, -0.2) is 4.39 Å². The zero-order valence-electron chi connectivity index (χ0n) is 8.37. The monoisotopic (exact) mass is 202 g/mol. The zero-order valence-corrected chi connectivity index (χ0v) is 8.37. The molecule has 0 amide bonds. The van der Waals surface area contributed by atoms with Crippen LogP contribution in [0.25, 0.3) is 11.1 Å². The van der Waals surface area contributed by atoms with Gasteiger partial charge in [0.05, 0.1) is 6.20 Å². The van der Waals surface area contributed by atoms with Gasteiger partial charge in [-0.05, 0) is 23.8 Å². The van der Waals surface area contributed by atoms with Crippen LogP contribution in [0.15, 0.2) is 42.7 Å². The number of benzene rings is 1. The lowest BCUT2D eigenvalue weighted by atomic mass is 10.1. The average molecular weight is 202 g/mol. The van der Waals surface area contributed by atoms with E-state index in [2.05, 4.69) is 10.3 Å². The third kappa shape index (κ3) is 2.13. The average Bonchev–Trinajstić information content (AvgIpc) is 2.29. The van der Waals surface area contributed by atoms with Gasteiger partial charge in [-0.15, -0.1) is 0 Å². The van der Waals surface area contributed by atoms with E-state index in [9.17, 15) is 4.39 Å². The van der Waals surface area contributed by atoms with Crippen molar-refractivity contribution in [1.82, 2.24) is 4.98 Å². The molecule has 15 heavy (non-hydrogen) atoms. The summed E-state index contributed by atoms with van der Waals surface area (Å²) in [6, 6.07) is 9.23. The van der Waals surface area contributed by atoms with Crippen molar-refractivity contribution in [2.24, 2.45) is 0 Å². The lowest BCUT2D eigenvalue weighted by Crippen LogP contribution is -1.88. The molecule has 76 valence electrons. The van der Waals surface area contributed by atoms with E-state index >= 15 is 0 Å². The number of nitrogens with zero attached hydrogens (tertiary/aromatic N) is 1. The van der Waals surface area contributed by atoms with Crippen molar-refractivity contribution in [2.75, 3.05) is 12.4 Å². The number of hydrogen-bond acceptors (Lipinski definition) is 2. The second-order valence-electron chi connectivity index (χ2n) is 3.22. The highest BCUT2D eigenvalue weighted by atomic mass is 19.1. The van der Waals surface area contributed by atoms with Crippen molar-refractivity contribution in [2.45, 2.75) is 0 Å². The molecule has 1 aromatic heterocycles. The van der Waals surface area contributed by atoms with E-state index < -0.39 is 0 Å². The van der Waals surface area contributed by atoms with Crippen LogP contribution in [-0.2, 0) is 0 Å². The number of nitrogens with one attached hydrogen (secondary N) is 1. The van der Waals surface area contributed by atoms with Crippen LogP contribution in [0.3, 0.4) is 0 Å². The molecule has 0 fully saturated rings. The number of rotatable bonds is 2. The molecule has 1 N–H and O–H groups in total. The maximum absolute atomic E-state index is 13.0. The minimum atomic E-state index is -0.317. The van der Waals surface area contributed by atoms with Crippen LogP contribution in [-0.4, -0.2) is 12.0 Å². The number of anilines is 1. The SMILES string of the molecule is CNc1cccc(-c2cncc(F)c2)c1. The predicted octanol–water partition coefficient (Wildman–Crippen LogP) is 2.93. The molecular weight excluding hydrogens is 191 g/mol. The van der Waals surface area contributed by atoms with Gasteiger partial charge in [0.15, 0.2) is 0 Å². The Morgan fingerprint density at radius 2 is 2.00 bits per heavy atom. The van der Waals surface area contributed by atoms with Crippen molar-refractivity contribution >= 4 is 5.69 Å². The van der Waals surface area contributed by atoms with Gasteiger partial charge < -0.3 is 5.32 Å². The third-order valence-corrected chi connectivity index (χ3v) is 2.19. The van der Waals surface area contributed by atoms with E-state index in [0.717, 1.165) is 16.8 Å². The molecule has 0 radical (unpaired) electrons. The van der Waals surface area contributed by atoms with Crippen molar-refractivity contribution < 1.29 is 4.39 Å². The van der Waals surface area contributed by atoms with Crippen molar-refractivity contribution in [3.63, 3.8) is 0 Å². The summed E-state index contributed by atoms with van der Waals surface area (Å²) in [6.45, 7) is 0. The maximum atomic E-state index is 13.0. The molecule has 0 spiro atoms. The van der Waals surface area contributed by atoms with Gasteiger partial charge >= 0.3 is 0 Å². The Labute approximate surface area is 87.8 Å². The van der Waals surface area contributed by atoms with E-state index in [1.54, 1.807) is 6.20 Å². The minimum Gasteiger partial charge on any atom is -0.388 e. The van der Waals surface area contributed by atoms with Gasteiger partial charge in [-0.3, -0.25) is 4.98 Å². The fourth-order valence-electron chi connectivity index (χ4n) is 1.42. The van der Waals surface area contributed by atoms with Crippen LogP contribution >= 0.6 is 0 Å². The third-order valence-electron chi connectivity index (χ3n) is 2.19. The van der Waals surface area contributed by atoms with Crippen molar-refractivity contribution in [1.29, 1.82) is 0 Å². The molecule has 0 saturated heterocycles. The lowest BCUT2D eigenvalue weighted by molar-refractivity contribution is 0.622. The summed E-state index contributed by atoms with van der Waals surface area (Å²) in [7, 11) is 1.85. The molecule has 2 rings (SSSR count). The highest BCUT2D eigenvalue weighted by Gasteiger charge is 2.00. The molecule has 0 saturated carbocycles. The molecule has 0 atom stereocenters. The molecule has 2 nitrogen and oxygen atoms in total. The second-order valence-corrected chi connectivity index (χ2v) is 3.22. The van der Waals surface area contributed by atoms with Crippen LogP contribution in [0.1, 0.15) is 0 Å². The molecule has 0 unspecified atom stereocenters. The van der Waals surface area contributed by atoms with E-state index in [1.807, 2.05) is 31.3 Å². The zero-order chi connectivity index (χ0) is 10.7. The van der Waals surface area contributed by atoms with Crippen molar-refractivity contribution in [3.05, 3.63) is 48.5 Å². The summed E-state index contributed by atoms with van der Waals surface area (Å²) >= 11 is 0. The van der Waals surface area contributed by atoms with Crippen LogP contribution < -0.4 is 5.32 Å². The van der Waals surface area contributed by atoms with E-state index in [1.165, 1.54) is 12.3 Å². The molecule has 1 heterocycles. The summed E-state index contributed by atoms with van der Waals surface area (Å²) < 4.78 is 13.0. The second kappa shape index (κ2) is 4.09. The molecule has 2 aromatic rings. The summed E-state index contributed by atoms with van der Waals surface area (Å²) in [5.74, 6) is -0.317. The Morgan fingerprint density at radius 1 is 1.13 bits per heavy atom. The topological polar surface area (TPSA) is 24.9 Å². The first-order valence-corrected chi connectivity index (χ1v) is 4.68. The Bertz CT molecular complexity index is 469. The molecule has 0 aliphatic carbocycles. The maximum Gasteiger partial charge on any atom is 0.142 e. The Hall–Kier alpha value is -1.90. The smallest absolute Gasteiger partial charge is 0.142 e. The molecular formula is C12H11FN2. The van der Waals surface area contributed by atoms with E-state index in [-0.39, 0.29) is 5.82 Å². The highest BCUT2D eigenvalue weighted by Crippen LogP contribution is 2.21. The highest BCUT2D eigenvalue weighted by molar-refractivity contribution is 5.67. The summed E-state index contributed by atoms with van der Waals surface area (Å²) in [6.07, 6.45) is 2.85. The Kier molecular flexibility index (Phi) is 2.63. The van der Waals surface area contributed by atoms with Gasteiger partial charge in [-0.2, -0.15) is 0 Å². The molecule has 1 aromatic carbocycles. The molecule has 0 aliphatic heterocycles. The summed E-state index contributed by atoms with van der Waals surface area (Å²) in [5, 5.41) is 3.04. The first-order chi connectivity index (χ1) is 7.29. The Morgan fingerprint density at radius 3 is 2.73 bits per heavy atom. The minimum absolute atomic E-state index is 0.317. The van der Waals surface area contributed by atoms with Crippen LogP contribution in [0, 0.1) is 5.82 Å². The van der Waals surface area contributed by atoms with Gasteiger partial charge in [0.1, 0.15) is 5.82 Å². The molecule has 0 bridgehead atoms. The molecule has 0 aliphatic rings. The quantitative estimate of drug-likeness (QED) is 0.809. The van der Waals surface area contributed by atoms with Gasteiger partial charge in [-0.1, -0.05) is 12.1 Å². The first kappa shape index (κ1) is 9.65. The lowest BCUT2D eigenvalue weighted by Gasteiger charge is -2.04. The van der Waals surface area contributed by atoms with Crippen LogP contribution in [0.2, 0.25) is 0 Å². The number of hydrogen-bond donors (Lipinski definition) is 1.